The molecule has 0 aliphatic heterocycles. The van der Waals surface area contributed by atoms with Crippen molar-refractivity contribution in [2.45, 2.75) is 6.61 Å². The number of halogens is 2. The summed E-state index contributed by atoms with van der Waals surface area (Å²) in [6.07, 6.45) is 3.25. The topological polar surface area (TPSA) is 80.1 Å². The molecule has 0 spiro atoms. The predicted octanol–water partition coefficient (Wildman–Crippen LogP) is 4.39. The van der Waals surface area contributed by atoms with Crippen molar-refractivity contribution >= 4 is 17.8 Å². The summed E-state index contributed by atoms with van der Waals surface area (Å²) >= 11 is 0. The normalized spacial score (nSPS) is 10.9. The van der Waals surface area contributed by atoms with Gasteiger partial charge in [-0.2, -0.15) is 8.78 Å². The fourth-order valence-corrected chi connectivity index (χ4v) is 2.37. The van der Waals surface area contributed by atoms with Crippen LogP contribution in [0.3, 0.4) is 0 Å². The molecule has 0 saturated heterocycles. The molecular weight excluding hydrogens is 364 g/mol. The number of benzene rings is 2. The second-order valence-electron chi connectivity index (χ2n) is 5.15. The molecule has 0 amide bonds. The third-order valence-corrected chi connectivity index (χ3v) is 3.55. The van der Waals surface area contributed by atoms with Crippen molar-refractivity contribution in [3.63, 3.8) is 0 Å². The molecule has 2 aromatic carbocycles. The maximum absolute atomic E-state index is 12.3. The molecule has 0 bridgehead atoms. The number of nitro benzene ring substituents is 1. The Hall–Kier alpha value is -3.36. The van der Waals surface area contributed by atoms with Gasteiger partial charge in [0.2, 0.25) is 11.5 Å². The minimum atomic E-state index is -3.15. The first-order valence-electron chi connectivity index (χ1n) is 7.61. The molecule has 0 atom stereocenters. The number of hydrogen-bond acceptors (Lipinski definition) is 6. The molecule has 2 aromatic rings. The van der Waals surface area contributed by atoms with Gasteiger partial charge in [0.1, 0.15) is 0 Å². The fourth-order valence-electron chi connectivity index (χ4n) is 2.37. The summed E-state index contributed by atoms with van der Waals surface area (Å²) in [7, 11) is 4.45. The highest BCUT2D eigenvalue weighted by atomic mass is 19.3. The number of alkyl halides is 2. The van der Waals surface area contributed by atoms with Crippen molar-refractivity contribution in [1.29, 1.82) is 0 Å². The Morgan fingerprint density at radius 1 is 0.926 bits per heavy atom. The molecule has 0 aromatic heterocycles. The second-order valence-corrected chi connectivity index (χ2v) is 5.15. The Balaban J connectivity index is 2.37. The number of ether oxygens (including phenoxy) is 4. The van der Waals surface area contributed by atoms with Crippen LogP contribution in [0.25, 0.3) is 12.2 Å². The van der Waals surface area contributed by atoms with Crippen molar-refractivity contribution in [3.05, 3.63) is 51.6 Å². The highest BCUT2D eigenvalue weighted by Gasteiger charge is 2.18. The monoisotopic (exact) mass is 381 g/mol. The molecule has 0 fully saturated rings. The molecule has 0 aliphatic rings. The van der Waals surface area contributed by atoms with Gasteiger partial charge in [0.25, 0.3) is 0 Å². The Morgan fingerprint density at radius 2 is 1.52 bits per heavy atom. The Kier molecular flexibility index (Phi) is 6.53. The van der Waals surface area contributed by atoms with Crippen LogP contribution < -0.4 is 18.9 Å². The quantitative estimate of drug-likeness (QED) is 0.383. The predicted molar refractivity (Wildman–Crippen MR) is 94.8 cm³/mol. The maximum Gasteiger partial charge on any atom is 0.387 e. The van der Waals surface area contributed by atoms with Gasteiger partial charge in [0.15, 0.2) is 11.5 Å². The van der Waals surface area contributed by atoms with Gasteiger partial charge in [-0.05, 0) is 29.3 Å². The van der Waals surface area contributed by atoms with Crippen molar-refractivity contribution in [3.8, 4) is 23.0 Å². The number of nitro groups is 1. The fraction of sp³-hybridized carbons (Fsp3) is 0.222. The lowest BCUT2D eigenvalue weighted by atomic mass is 10.1. The lowest BCUT2D eigenvalue weighted by molar-refractivity contribution is -0.386. The van der Waals surface area contributed by atoms with Gasteiger partial charge in [0, 0.05) is 6.07 Å². The smallest absolute Gasteiger partial charge is 0.387 e. The average molecular weight is 381 g/mol. The van der Waals surface area contributed by atoms with E-state index in [0.717, 1.165) is 12.1 Å². The van der Waals surface area contributed by atoms with Crippen LogP contribution in [0.5, 0.6) is 23.0 Å². The van der Waals surface area contributed by atoms with E-state index in [1.165, 1.54) is 27.4 Å². The lowest BCUT2D eigenvalue weighted by Gasteiger charge is -2.12. The molecule has 0 saturated carbocycles. The van der Waals surface area contributed by atoms with Crippen molar-refractivity contribution in [1.82, 2.24) is 0 Å². The number of rotatable bonds is 8. The van der Waals surface area contributed by atoms with Gasteiger partial charge in [-0.1, -0.05) is 18.2 Å². The minimum Gasteiger partial charge on any atom is -0.493 e. The third-order valence-electron chi connectivity index (χ3n) is 3.55. The Bertz CT molecular complexity index is 829. The van der Waals surface area contributed by atoms with Gasteiger partial charge in [-0.15, -0.1) is 0 Å². The highest BCUT2D eigenvalue weighted by molar-refractivity contribution is 5.74. The molecule has 0 unspecified atom stereocenters. The van der Waals surface area contributed by atoms with Crippen LogP contribution >= 0.6 is 0 Å². The molecule has 7 nitrogen and oxygen atoms in total. The second kappa shape index (κ2) is 8.84. The zero-order chi connectivity index (χ0) is 20.0. The highest BCUT2D eigenvalue weighted by Crippen LogP contribution is 2.38. The first-order valence-corrected chi connectivity index (χ1v) is 7.61. The summed E-state index contributed by atoms with van der Waals surface area (Å²) in [5.74, 6) is 0.826. The Morgan fingerprint density at radius 3 is 2.00 bits per heavy atom. The van der Waals surface area contributed by atoms with Gasteiger partial charge >= 0.3 is 12.3 Å². The summed E-state index contributed by atoms with van der Waals surface area (Å²) in [4.78, 5) is 10.3. The summed E-state index contributed by atoms with van der Waals surface area (Å²) in [5, 5.41) is 11.1. The summed E-state index contributed by atoms with van der Waals surface area (Å²) < 4.78 is 44.6. The molecule has 0 N–H and O–H groups in total. The maximum atomic E-state index is 12.3. The van der Waals surface area contributed by atoms with Crippen LogP contribution in [0.4, 0.5) is 14.5 Å². The molecule has 0 radical (unpaired) electrons. The third kappa shape index (κ3) is 4.84. The molecule has 144 valence electrons. The first kappa shape index (κ1) is 20.0. The van der Waals surface area contributed by atoms with E-state index in [2.05, 4.69) is 4.74 Å². The summed E-state index contributed by atoms with van der Waals surface area (Å²) in [6.45, 7) is -3.15. The van der Waals surface area contributed by atoms with E-state index in [1.807, 2.05) is 0 Å². The van der Waals surface area contributed by atoms with Gasteiger partial charge < -0.3 is 18.9 Å². The average Bonchev–Trinajstić information content (AvgIpc) is 2.65. The van der Waals surface area contributed by atoms with E-state index in [9.17, 15) is 18.9 Å². The van der Waals surface area contributed by atoms with Crippen LogP contribution in [0.15, 0.2) is 30.3 Å². The van der Waals surface area contributed by atoms with E-state index in [1.54, 1.807) is 24.3 Å². The van der Waals surface area contributed by atoms with Gasteiger partial charge in [-0.25, -0.2) is 0 Å². The van der Waals surface area contributed by atoms with E-state index in [4.69, 9.17) is 14.2 Å². The molecular formula is C18H17F2NO6. The van der Waals surface area contributed by atoms with E-state index < -0.39 is 23.0 Å². The Labute approximate surface area is 153 Å². The van der Waals surface area contributed by atoms with Crippen molar-refractivity contribution < 1.29 is 32.7 Å². The summed E-state index contributed by atoms with van der Waals surface area (Å²) in [6, 6.07) is 7.09. The number of hydrogen-bond donors (Lipinski definition) is 0. The van der Waals surface area contributed by atoms with Gasteiger partial charge in [-0.3, -0.25) is 10.1 Å². The largest absolute Gasteiger partial charge is 0.493 e. The van der Waals surface area contributed by atoms with Gasteiger partial charge in [0.05, 0.1) is 26.3 Å². The van der Waals surface area contributed by atoms with Crippen molar-refractivity contribution in [2.75, 3.05) is 21.3 Å². The van der Waals surface area contributed by atoms with E-state index in [0.29, 0.717) is 28.4 Å². The van der Waals surface area contributed by atoms with Crippen LogP contribution in [-0.2, 0) is 0 Å². The number of nitrogens with zero attached hydrogens (tertiary/aromatic N) is 1. The van der Waals surface area contributed by atoms with E-state index in [-0.39, 0.29) is 0 Å². The van der Waals surface area contributed by atoms with Crippen LogP contribution in [0.2, 0.25) is 0 Å². The summed E-state index contributed by atoms with van der Waals surface area (Å²) in [5.41, 5.74) is 0.555. The molecule has 9 heteroatoms. The molecule has 2 rings (SSSR count). The lowest BCUT2D eigenvalue weighted by Crippen LogP contribution is -2.04. The zero-order valence-corrected chi connectivity index (χ0v) is 14.8. The van der Waals surface area contributed by atoms with Crippen molar-refractivity contribution in [2.24, 2.45) is 0 Å². The molecule has 27 heavy (non-hydrogen) atoms. The first-order chi connectivity index (χ1) is 12.9. The van der Waals surface area contributed by atoms with E-state index >= 15 is 0 Å². The minimum absolute atomic E-state index is 0.428. The standard InChI is InChI=1S/C18H17F2NO6/c1-24-15-9-12(10-16(25-2)17(15)26-3)5-4-11-6-7-14(27-18(19)20)13(8-11)21(22)23/h4-10,18H,1-3H3. The number of methoxy groups -OCH3 is 3. The van der Waals surface area contributed by atoms with Crippen LogP contribution in [-0.4, -0.2) is 32.9 Å². The SMILES string of the molecule is COc1cc(C=Cc2ccc(OC(F)F)c([N+](=O)[O-])c2)cc(OC)c1OC. The van der Waals surface area contributed by atoms with Crippen LogP contribution in [0.1, 0.15) is 11.1 Å². The molecule has 0 heterocycles. The zero-order valence-electron chi connectivity index (χ0n) is 14.8. The molecule has 0 aliphatic carbocycles. The van der Waals surface area contributed by atoms with Crippen LogP contribution in [0, 0.1) is 10.1 Å².